The van der Waals surface area contributed by atoms with Crippen molar-refractivity contribution in [2.75, 3.05) is 0 Å². The van der Waals surface area contributed by atoms with Crippen LogP contribution in [0.1, 0.15) is 73.1 Å². The average molecular weight is 212 g/mol. The van der Waals surface area contributed by atoms with Crippen molar-refractivity contribution in [1.82, 2.24) is 0 Å². The van der Waals surface area contributed by atoms with E-state index >= 15 is 0 Å². The van der Waals surface area contributed by atoms with Gasteiger partial charge in [-0.3, -0.25) is 4.79 Å². The molecule has 0 rings (SSSR count). The van der Waals surface area contributed by atoms with Crippen LogP contribution in [0.2, 0.25) is 0 Å². The van der Waals surface area contributed by atoms with E-state index < -0.39 is 0 Å². The van der Waals surface area contributed by atoms with Crippen LogP contribution in [0.4, 0.5) is 0 Å². The second-order valence-corrected chi connectivity index (χ2v) is 5.57. The van der Waals surface area contributed by atoms with Crippen molar-refractivity contribution in [3.8, 4) is 0 Å². The Hall–Kier alpha value is -0.330. The lowest BCUT2D eigenvalue weighted by Crippen LogP contribution is -2.28. The SMILES string of the molecule is CCCCCC[C@H](CC)C(=O)C(C)(C)C. The highest BCUT2D eigenvalue weighted by Gasteiger charge is 2.27. The molecule has 0 aromatic rings. The summed E-state index contributed by atoms with van der Waals surface area (Å²) >= 11 is 0. The van der Waals surface area contributed by atoms with Crippen molar-refractivity contribution in [1.29, 1.82) is 0 Å². The number of hydrogen-bond donors (Lipinski definition) is 0. The van der Waals surface area contributed by atoms with E-state index in [9.17, 15) is 4.79 Å². The quantitative estimate of drug-likeness (QED) is 0.564. The van der Waals surface area contributed by atoms with Crippen molar-refractivity contribution in [3.63, 3.8) is 0 Å². The van der Waals surface area contributed by atoms with Crippen molar-refractivity contribution in [2.45, 2.75) is 73.1 Å². The normalized spacial score (nSPS) is 13.9. The molecule has 0 aliphatic heterocycles. The predicted molar refractivity (Wildman–Crippen MR) is 67.0 cm³/mol. The van der Waals surface area contributed by atoms with Gasteiger partial charge in [-0.05, 0) is 12.8 Å². The summed E-state index contributed by atoms with van der Waals surface area (Å²) in [6.07, 6.45) is 7.16. The summed E-state index contributed by atoms with van der Waals surface area (Å²) < 4.78 is 0. The standard InChI is InChI=1S/C14H28O/c1-6-8-9-10-11-12(7-2)13(15)14(3,4)5/h12H,6-11H2,1-5H3/t12-/m0/s1. The number of unbranched alkanes of at least 4 members (excludes halogenated alkanes) is 3. The molecular formula is C14H28O. The molecule has 1 atom stereocenters. The molecule has 0 aromatic carbocycles. The molecule has 0 N–H and O–H groups in total. The smallest absolute Gasteiger partial charge is 0.141 e. The average Bonchev–Trinajstić information content (AvgIpc) is 2.16. The summed E-state index contributed by atoms with van der Waals surface area (Å²) in [5, 5.41) is 0. The number of Topliss-reactive ketones (excluding diaryl/α,β-unsaturated/α-hetero) is 1. The Bertz CT molecular complexity index is 176. The summed E-state index contributed by atoms with van der Waals surface area (Å²) in [5.74, 6) is 0.739. The van der Waals surface area contributed by atoms with E-state index in [2.05, 4.69) is 13.8 Å². The topological polar surface area (TPSA) is 17.1 Å². The van der Waals surface area contributed by atoms with Crippen LogP contribution < -0.4 is 0 Å². The Morgan fingerprint density at radius 1 is 1.07 bits per heavy atom. The first-order valence-electron chi connectivity index (χ1n) is 6.47. The highest BCUT2D eigenvalue weighted by molar-refractivity contribution is 5.85. The van der Waals surface area contributed by atoms with Crippen molar-refractivity contribution in [3.05, 3.63) is 0 Å². The van der Waals surface area contributed by atoms with Crippen molar-refractivity contribution >= 4 is 5.78 Å². The van der Waals surface area contributed by atoms with Crippen LogP contribution in [0, 0.1) is 11.3 Å². The molecule has 0 saturated heterocycles. The lowest BCUT2D eigenvalue weighted by molar-refractivity contribution is -0.130. The molecule has 0 aliphatic carbocycles. The van der Waals surface area contributed by atoms with E-state index in [0.29, 0.717) is 11.7 Å². The van der Waals surface area contributed by atoms with E-state index in [-0.39, 0.29) is 5.41 Å². The summed E-state index contributed by atoms with van der Waals surface area (Å²) in [6.45, 7) is 10.4. The molecule has 1 heteroatoms. The third-order valence-corrected chi connectivity index (χ3v) is 3.01. The molecular weight excluding hydrogens is 184 g/mol. The number of rotatable bonds is 7. The first kappa shape index (κ1) is 14.7. The minimum absolute atomic E-state index is 0.161. The van der Waals surface area contributed by atoms with Gasteiger partial charge in [0.2, 0.25) is 0 Å². The van der Waals surface area contributed by atoms with Crippen LogP contribution in [0.25, 0.3) is 0 Å². The zero-order chi connectivity index (χ0) is 11.9. The second-order valence-electron chi connectivity index (χ2n) is 5.57. The van der Waals surface area contributed by atoms with Gasteiger partial charge in [0.05, 0.1) is 0 Å². The van der Waals surface area contributed by atoms with Gasteiger partial charge >= 0.3 is 0 Å². The molecule has 0 radical (unpaired) electrons. The third kappa shape index (κ3) is 5.96. The predicted octanol–water partition coefficient (Wildman–Crippen LogP) is 4.60. The molecule has 15 heavy (non-hydrogen) atoms. The number of ketones is 1. The second kappa shape index (κ2) is 7.03. The van der Waals surface area contributed by atoms with Gasteiger partial charge in [-0.25, -0.2) is 0 Å². The van der Waals surface area contributed by atoms with Gasteiger partial charge in [0.25, 0.3) is 0 Å². The van der Waals surface area contributed by atoms with Gasteiger partial charge < -0.3 is 0 Å². The Morgan fingerprint density at radius 2 is 1.67 bits per heavy atom. The maximum Gasteiger partial charge on any atom is 0.141 e. The Balaban J connectivity index is 3.97. The van der Waals surface area contributed by atoms with Gasteiger partial charge in [-0.15, -0.1) is 0 Å². The summed E-state index contributed by atoms with van der Waals surface area (Å²) in [4.78, 5) is 12.1. The van der Waals surface area contributed by atoms with Crippen LogP contribution in [-0.2, 0) is 4.79 Å². The van der Waals surface area contributed by atoms with Crippen LogP contribution in [0.15, 0.2) is 0 Å². The van der Waals surface area contributed by atoms with Crippen LogP contribution in [0.5, 0.6) is 0 Å². The molecule has 0 aromatic heterocycles. The first-order chi connectivity index (χ1) is 6.93. The molecule has 0 spiro atoms. The first-order valence-corrected chi connectivity index (χ1v) is 6.47. The van der Waals surface area contributed by atoms with Crippen LogP contribution >= 0.6 is 0 Å². The van der Waals surface area contributed by atoms with E-state index in [1.807, 2.05) is 20.8 Å². The fourth-order valence-electron chi connectivity index (χ4n) is 1.95. The minimum Gasteiger partial charge on any atom is -0.299 e. The molecule has 0 fully saturated rings. The molecule has 0 bridgehead atoms. The maximum absolute atomic E-state index is 12.1. The lowest BCUT2D eigenvalue weighted by atomic mass is 9.80. The third-order valence-electron chi connectivity index (χ3n) is 3.01. The molecule has 0 unspecified atom stereocenters. The van der Waals surface area contributed by atoms with Gasteiger partial charge in [0.15, 0.2) is 0 Å². The maximum atomic E-state index is 12.1. The number of carbonyl (C=O) groups is 1. The van der Waals surface area contributed by atoms with Gasteiger partial charge in [0.1, 0.15) is 5.78 Å². The Morgan fingerprint density at radius 3 is 2.07 bits per heavy atom. The van der Waals surface area contributed by atoms with E-state index in [1.165, 1.54) is 25.7 Å². The highest BCUT2D eigenvalue weighted by Crippen LogP contribution is 2.25. The molecule has 90 valence electrons. The summed E-state index contributed by atoms with van der Waals surface area (Å²) in [7, 11) is 0. The zero-order valence-corrected chi connectivity index (χ0v) is 11.2. The van der Waals surface area contributed by atoms with E-state index in [1.54, 1.807) is 0 Å². The fraction of sp³-hybridized carbons (Fsp3) is 0.929. The Labute approximate surface area is 95.6 Å². The van der Waals surface area contributed by atoms with Crippen LogP contribution in [0.3, 0.4) is 0 Å². The van der Waals surface area contributed by atoms with Gasteiger partial charge in [-0.2, -0.15) is 0 Å². The minimum atomic E-state index is -0.161. The monoisotopic (exact) mass is 212 g/mol. The largest absolute Gasteiger partial charge is 0.299 e. The molecule has 0 amide bonds. The highest BCUT2D eigenvalue weighted by atomic mass is 16.1. The fourth-order valence-corrected chi connectivity index (χ4v) is 1.95. The molecule has 1 nitrogen and oxygen atoms in total. The van der Waals surface area contributed by atoms with Gasteiger partial charge in [-0.1, -0.05) is 60.3 Å². The lowest BCUT2D eigenvalue weighted by Gasteiger charge is -2.23. The van der Waals surface area contributed by atoms with E-state index in [4.69, 9.17) is 0 Å². The van der Waals surface area contributed by atoms with Crippen LogP contribution in [-0.4, -0.2) is 5.78 Å². The number of hydrogen-bond acceptors (Lipinski definition) is 1. The number of carbonyl (C=O) groups excluding carboxylic acids is 1. The molecule has 0 heterocycles. The summed E-state index contributed by atoms with van der Waals surface area (Å²) in [6, 6.07) is 0. The summed E-state index contributed by atoms with van der Waals surface area (Å²) in [5.41, 5.74) is -0.161. The van der Waals surface area contributed by atoms with E-state index in [0.717, 1.165) is 12.8 Å². The van der Waals surface area contributed by atoms with Crippen molar-refractivity contribution < 1.29 is 4.79 Å². The zero-order valence-electron chi connectivity index (χ0n) is 11.2. The van der Waals surface area contributed by atoms with Crippen molar-refractivity contribution in [2.24, 2.45) is 11.3 Å². The molecule has 0 saturated carbocycles. The molecule has 0 aliphatic rings. The van der Waals surface area contributed by atoms with Gasteiger partial charge in [0, 0.05) is 11.3 Å². The Kier molecular flexibility index (Phi) is 6.87.